The van der Waals surface area contributed by atoms with Crippen molar-refractivity contribution in [1.29, 1.82) is 0 Å². The maximum atomic E-state index is 5.62. The monoisotopic (exact) mass is 246 g/mol. The van der Waals surface area contributed by atoms with Gasteiger partial charge in [-0.1, -0.05) is 12.1 Å². The molecule has 1 saturated heterocycles. The molecule has 18 heavy (non-hydrogen) atoms. The average Bonchev–Trinajstić information content (AvgIpc) is 2.38. The van der Waals surface area contributed by atoms with E-state index < -0.39 is 0 Å². The lowest BCUT2D eigenvalue weighted by Crippen LogP contribution is -2.53. The van der Waals surface area contributed by atoms with E-state index in [1.165, 1.54) is 16.8 Å². The molecule has 0 atom stereocenters. The summed E-state index contributed by atoms with van der Waals surface area (Å²) in [5.41, 5.74) is 4.48. The largest absolute Gasteiger partial charge is 0.377 e. The van der Waals surface area contributed by atoms with Gasteiger partial charge in [0, 0.05) is 18.8 Å². The highest BCUT2D eigenvalue weighted by Crippen LogP contribution is 2.32. The Morgan fingerprint density at radius 3 is 3.06 bits per heavy atom. The van der Waals surface area contributed by atoms with Gasteiger partial charge in [-0.25, -0.2) is 0 Å². The van der Waals surface area contributed by atoms with Crippen molar-refractivity contribution in [3.05, 3.63) is 29.3 Å². The normalized spacial score (nSPS) is 22.7. The molecular formula is C15H22N2O. The quantitative estimate of drug-likeness (QED) is 0.819. The smallest absolute Gasteiger partial charge is 0.0694 e. The molecule has 1 aromatic carbocycles. The van der Waals surface area contributed by atoms with Gasteiger partial charge < -0.3 is 15.0 Å². The second kappa shape index (κ2) is 4.56. The van der Waals surface area contributed by atoms with Crippen molar-refractivity contribution >= 4 is 5.69 Å². The van der Waals surface area contributed by atoms with Crippen LogP contribution in [-0.4, -0.2) is 31.8 Å². The third-order valence-electron chi connectivity index (χ3n) is 4.06. The fraction of sp³-hybridized carbons (Fsp3) is 0.600. The highest BCUT2D eigenvalue weighted by molar-refractivity contribution is 5.59. The molecule has 0 amide bonds. The summed E-state index contributed by atoms with van der Waals surface area (Å²) >= 11 is 0. The van der Waals surface area contributed by atoms with E-state index in [9.17, 15) is 0 Å². The maximum absolute atomic E-state index is 5.62. The minimum atomic E-state index is 0.0881. The number of nitrogens with one attached hydrogen (secondary N) is 1. The van der Waals surface area contributed by atoms with E-state index in [0.717, 1.165) is 39.3 Å². The first-order valence-electron chi connectivity index (χ1n) is 6.85. The number of nitrogens with zero attached hydrogens (tertiary/aromatic N) is 1. The van der Waals surface area contributed by atoms with E-state index in [2.05, 4.69) is 42.3 Å². The Morgan fingerprint density at radius 1 is 1.33 bits per heavy atom. The molecule has 3 nitrogen and oxygen atoms in total. The van der Waals surface area contributed by atoms with Gasteiger partial charge in [-0.2, -0.15) is 0 Å². The number of hydrogen-bond acceptors (Lipinski definition) is 3. The molecule has 0 saturated carbocycles. The van der Waals surface area contributed by atoms with Crippen molar-refractivity contribution in [2.24, 2.45) is 0 Å². The van der Waals surface area contributed by atoms with Crippen molar-refractivity contribution in [1.82, 2.24) is 5.32 Å². The summed E-state index contributed by atoms with van der Waals surface area (Å²) in [6, 6.07) is 6.73. The van der Waals surface area contributed by atoms with Gasteiger partial charge in [0.2, 0.25) is 0 Å². The van der Waals surface area contributed by atoms with Gasteiger partial charge in [-0.05, 0) is 44.0 Å². The van der Waals surface area contributed by atoms with Crippen molar-refractivity contribution < 1.29 is 4.74 Å². The van der Waals surface area contributed by atoms with E-state index in [1.807, 2.05) is 0 Å². The van der Waals surface area contributed by atoms with Gasteiger partial charge in [0.15, 0.2) is 0 Å². The highest BCUT2D eigenvalue weighted by atomic mass is 16.5. The van der Waals surface area contributed by atoms with Gasteiger partial charge in [0.05, 0.1) is 18.8 Å². The lowest BCUT2D eigenvalue weighted by Gasteiger charge is -2.45. The molecule has 98 valence electrons. The number of benzene rings is 1. The summed E-state index contributed by atoms with van der Waals surface area (Å²) in [5, 5.41) is 3.49. The summed E-state index contributed by atoms with van der Waals surface area (Å²) in [4.78, 5) is 2.52. The van der Waals surface area contributed by atoms with Crippen molar-refractivity contribution in [2.75, 3.05) is 31.2 Å². The van der Waals surface area contributed by atoms with Crippen LogP contribution in [0.1, 0.15) is 25.0 Å². The summed E-state index contributed by atoms with van der Waals surface area (Å²) in [7, 11) is 0. The molecule has 1 aromatic rings. The van der Waals surface area contributed by atoms with Crippen LogP contribution in [0.25, 0.3) is 0 Å². The van der Waals surface area contributed by atoms with Crippen LogP contribution in [0.5, 0.6) is 0 Å². The van der Waals surface area contributed by atoms with Crippen molar-refractivity contribution in [3.8, 4) is 0 Å². The van der Waals surface area contributed by atoms with E-state index in [0.29, 0.717) is 0 Å². The van der Waals surface area contributed by atoms with Gasteiger partial charge in [0.25, 0.3) is 0 Å². The molecule has 1 fully saturated rings. The Balaban J connectivity index is 2.00. The molecule has 3 heteroatoms. The topological polar surface area (TPSA) is 24.5 Å². The zero-order chi connectivity index (χ0) is 12.6. The molecule has 0 unspecified atom stereocenters. The Morgan fingerprint density at radius 2 is 2.22 bits per heavy atom. The second-order valence-corrected chi connectivity index (χ2v) is 5.86. The predicted molar refractivity (Wildman–Crippen MR) is 74.1 cm³/mol. The third-order valence-corrected chi connectivity index (χ3v) is 4.06. The molecule has 0 radical (unpaired) electrons. The maximum Gasteiger partial charge on any atom is 0.0694 e. The molecule has 0 spiro atoms. The summed E-state index contributed by atoms with van der Waals surface area (Å²) < 4.78 is 5.62. The van der Waals surface area contributed by atoms with Gasteiger partial charge >= 0.3 is 0 Å². The van der Waals surface area contributed by atoms with Crippen LogP contribution in [0.15, 0.2) is 18.2 Å². The molecule has 2 aliphatic rings. The lowest BCUT2D eigenvalue weighted by molar-refractivity contribution is 0.0642. The number of fused-ring (bicyclic) bond motifs is 1. The summed E-state index contributed by atoms with van der Waals surface area (Å²) in [6.45, 7) is 9.26. The third kappa shape index (κ3) is 2.02. The zero-order valence-corrected chi connectivity index (χ0v) is 11.3. The Bertz CT molecular complexity index is 442. The second-order valence-electron chi connectivity index (χ2n) is 5.86. The van der Waals surface area contributed by atoms with E-state index in [1.54, 1.807) is 0 Å². The van der Waals surface area contributed by atoms with Crippen LogP contribution in [0, 0.1) is 0 Å². The van der Waals surface area contributed by atoms with E-state index in [4.69, 9.17) is 4.74 Å². The Kier molecular flexibility index (Phi) is 3.04. The lowest BCUT2D eigenvalue weighted by atomic mass is 9.95. The first kappa shape index (κ1) is 12.0. The van der Waals surface area contributed by atoms with Crippen LogP contribution in [-0.2, 0) is 17.7 Å². The minimum absolute atomic E-state index is 0.0881. The van der Waals surface area contributed by atoms with Crippen LogP contribution >= 0.6 is 0 Å². The predicted octanol–water partition coefficient (Wildman–Crippen LogP) is 1.95. The fourth-order valence-electron chi connectivity index (χ4n) is 3.05. The molecule has 2 aliphatic heterocycles. The first-order chi connectivity index (χ1) is 8.68. The van der Waals surface area contributed by atoms with Gasteiger partial charge in [-0.3, -0.25) is 0 Å². The van der Waals surface area contributed by atoms with E-state index in [-0.39, 0.29) is 5.54 Å². The zero-order valence-electron chi connectivity index (χ0n) is 11.3. The molecule has 0 bridgehead atoms. The number of anilines is 1. The first-order valence-corrected chi connectivity index (χ1v) is 6.85. The van der Waals surface area contributed by atoms with Crippen LogP contribution in [0.3, 0.4) is 0 Å². The molecule has 1 N–H and O–H groups in total. The SMILES string of the molecule is CC1(C)COCCN1c1cccc2c1CNCC2. The van der Waals surface area contributed by atoms with Gasteiger partial charge in [0.1, 0.15) is 0 Å². The number of morpholine rings is 1. The van der Waals surface area contributed by atoms with E-state index >= 15 is 0 Å². The number of rotatable bonds is 1. The van der Waals surface area contributed by atoms with Crippen molar-refractivity contribution in [3.63, 3.8) is 0 Å². The van der Waals surface area contributed by atoms with Crippen LogP contribution in [0.4, 0.5) is 5.69 Å². The average molecular weight is 246 g/mol. The molecule has 0 aromatic heterocycles. The van der Waals surface area contributed by atoms with Crippen LogP contribution < -0.4 is 10.2 Å². The Labute approximate surface area is 109 Å². The molecule has 0 aliphatic carbocycles. The number of ether oxygens (including phenoxy) is 1. The number of hydrogen-bond donors (Lipinski definition) is 1. The summed E-state index contributed by atoms with van der Waals surface area (Å²) in [5.74, 6) is 0. The van der Waals surface area contributed by atoms with Gasteiger partial charge in [-0.15, -0.1) is 0 Å². The summed E-state index contributed by atoms with van der Waals surface area (Å²) in [6.07, 6.45) is 1.15. The minimum Gasteiger partial charge on any atom is -0.377 e. The standard InChI is InChI=1S/C15H22N2O/c1-15(2)11-18-9-8-17(15)14-5-3-4-12-6-7-16-10-13(12)14/h3-5,16H,6-11H2,1-2H3. The van der Waals surface area contributed by atoms with Crippen molar-refractivity contribution in [2.45, 2.75) is 32.4 Å². The molecule has 2 heterocycles. The Hall–Kier alpha value is -1.06. The van der Waals surface area contributed by atoms with Crippen LogP contribution in [0.2, 0.25) is 0 Å². The molecular weight excluding hydrogens is 224 g/mol. The molecule has 3 rings (SSSR count). The fourth-order valence-corrected chi connectivity index (χ4v) is 3.05. The highest BCUT2D eigenvalue weighted by Gasteiger charge is 2.32.